The van der Waals surface area contributed by atoms with Crippen LogP contribution in [0.5, 0.6) is 0 Å². The quantitative estimate of drug-likeness (QED) is 0.343. The molecule has 0 atom stereocenters. The standard InChI is InChI=1S/C23H29ClN4O3S.C2HF3O2/c1-28(16-12-18-4-6-19(7-5-18)23-26-14-15-27-23)22(29)3-2-13-25-17-32(30,31)21-10-8-20(24)9-11-21;3-2(4,5)1(6)7/h4-11,25H,2-3,12-17H2,1H3,(H,26,27);(H,6,7). The van der Waals surface area contributed by atoms with Gasteiger partial charge in [0.15, 0.2) is 9.84 Å². The normalized spacial score (nSPS) is 13.1. The molecule has 0 spiro atoms. The first-order valence-corrected chi connectivity index (χ1v) is 13.9. The average molecular weight is 591 g/mol. The van der Waals surface area contributed by atoms with Crippen molar-refractivity contribution >= 4 is 39.2 Å². The summed E-state index contributed by atoms with van der Waals surface area (Å²) in [5.74, 6) is -1.93. The maximum absolute atomic E-state index is 12.3. The summed E-state index contributed by atoms with van der Waals surface area (Å²) in [5.41, 5.74) is 2.25. The summed E-state index contributed by atoms with van der Waals surface area (Å²) in [5, 5.41) is 13.8. The second kappa shape index (κ2) is 14.8. The number of aliphatic carboxylic acids is 1. The molecule has 2 aromatic rings. The Balaban J connectivity index is 0.000000673. The third-order valence-electron chi connectivity index (χ3n) is 5.51. The number of sulfone groups is 1. The second-order valence-electron chi connectivity index (χ2n) is 8.54. The minimum absolute atomic E-state index is 0.0495. The Kier molecular flexibility index (Phi) is 12.2. The molecule has 0 aliphatic carbocycles. The molecule has 2 aromatic carbocycles. The van der Waals surface area contributed by atoms with E-state index in [0.29, 0.717) is 31.0 Å². The first kappa shape index (κ1) is 32.1. The van der Waals surface area contributed by atoms with Crippen molar-refractivity contribution in [3.05, 3.63) is 64.7 Å². The molecule has 1 heterocycles. The number of carboxylic acids is 1. The van der Waals surface area contributed by atoms with Crippen molar-refractivity contribution in [1.29, 1.82) is 0 Å². The van der Waals surface area contributed by atoms with Gasteiger partial charge >= 0.3 is 12.1 Å². The number of likely N-dealkylation sites (N-methyl/N-ethyl adjacent to an activating group) is 1. The Hall–Kier alpha value is -3.16. The number of alkyl halides is 3. The number of hydrogen-bond acceptors (Lipinski definition) is 7. The molecule has 0 fully saturated rings. The predicted molar refractivity (Wildman–Crippen MR) is 142 cm³/mol. The van der Waals surface area contributed by atoms with Gasteiger partial charge in [-0.05, 0) is 49.2 Å². The fourth-order valence-corrected chi connectivity index (χ4v) is 4.59. The lowest BCUT2D eigenvalue weighted by Crippen LogP contribution is -2.30. The van der Waals surface area contributed by atoms with E-state index in [9.17, 15) is 26.4 Å². The van der Waals surface area contributed by atoms with Crippen molar-refractivity contribution < 1.29 is 36.3 Å². The SMILES string of the molecule is CN(CCc1ccc(C2=NCCN2)cc1)C(=O)CCCNCS(=O)(=O)c1ccc(Cl)cc1.O=C(O)C(F)(F)F. The van der Waals surface area contributed by atoms with Gasteiger partial charge < -0.3 is 20.6 Å². The maximum atomic E-state index is 12.3. The van der Waals surface area contributed by atoms with Crippen molar-refractivity contribution in [2.24, 2.45) is 4.99 Å². The smallest absolute Gasteiger partial charge is 0.475 e. The Morgan fingerprint density at radius 3 is 2.28 bits per heavy atom. The summed E-state index contributed by atoms with van der Waals surface area (Å²) in [4.78, 5) is 27.6. The van der Waals surface area contributed by atoms with Gasteiger partial charge in [0, 0.05) is 37.1 Å². The van der Waals surface area contributed by atoms with Crippen molar-refractivity contribution in [1.82, 2.24) is 15.5 Å². The molecule has 9 nitrogen and oxygen atoms in total. The van der Waals surface area contributed by atoms with Crippen LogP contribution in [0.1, 0.15) is 24.0 Å². The van der Waals surface area contributed by atoms with Crippen LogP contribution in [0.2, 0.25) is 5.02 Å². The van der Waals surface area contributed by atoms with Crippen molar-refractivity contribution in [3.63, 3.8) is 0 Å². The molecule has 0 saturated heterocycles. The van der Waals surface area contributed by atoms with Gasteiger partial charge in [-0.3, -0.25) is 9.79 Å². The topological polar surface area (TPSA) is 128 Å². The van der Waals surface area contributed by atoms with Crippen LogP contribution in [0, 0.1) is 0 Å². The van der Waals surface area contributed by atoms with Crippen LogP contribution >= 0.6 is 11.6 Å². The van der Waals surface area contributed by atoms with Crippen LogP contribution < -0.4 is 10.6 Å². The third-order valence-corrected chi connectivity index (χ3v) is 7.34. The Morgan fingerprint density at radius 1 is 1.13 bits per heavy atom. The largest absolute Gasteiger partial charge is 0.490 e. The number of halogens is 4. The van der Waals surface area contributed by atoms with Crippen LogP contribution in [-0.2, 0) is 25.8 Å². The second-order valence-corrected chi connectivity index (χ2v) is 11.0. The lowest BCUT2D eigenvalue weighted by Gasteiger charge is -2.17. The minimum Gasteiger partial charge on any atom is -0.475 e. The van der Waals surface area contributed by atoms with E-state index in [1.165, 1.54) is 17.7 Å². The molecule has 14 heteroatoms. The Bertz CT molecular complexity index is 1240. The lowest BCUT2D eigenvalue weighted by atomic mass is 10.1. The van der Waals surface area contributed by atoms with Crippen LogP contribution in [0.4, 0.5) is 13.2 Å². The van der Waals surface area contributed by atoms with E-state index in [0.717, 1.165) is 30.9 Å². The highest BCUT2D eigenvalue weighted by Gasteiger charge is 2.38. The molecule has 0 unspecified atom stereocenters. The molecule has 39 heavy (non-hydrogen) atoms. The summed E-state index contributed by atoms with van der Waals surface area (Å²) in [6, 6.07) is 14.3. The molecule has 0 saturated carbocycles. The van der Waals surface area contributed by atoms with Crippen LogP contribution in [0.15, 0.2) is 58.4 Å². The highest BCUT2D eigenvalue weighted by atomic mass is 35.5. The first-order valence-electron chi connectivity index (χ1n) is 11.9. The zero-order valence-corrected chi connectivity index (χ0v) is 22.7. The summed E-state index contributed by atoms with van der Waals surface area (Å²) in [7, 11) is -1.62. The van der Waals surface area contributed by atoms with E-state index < -0.39 is 22.0 Å². The molecule has 3 N–H and O–H groups in total. The molecule has 1 amide bonds. The number of carboxylic acid groups (broad SMARTS) is 1. The van der Waals surface area contributed by atoms with Gasteiger partial charge in [-0.2, -0.15) is 13.2 Å². The number of nitrogens with zero attached hydrogens (tertiary/aromatic N) is 2. The number of carbonyl (C=O) groups is 2. The van der Waals surface area contributed by atoms with Gasteiger partial charge in [-0.1, -0.05) is 35.9 Å². The number of carbonyl (C=O) groups excluding carboxylic acids is 1. The summed E-state index contributed by atoms with van der Waals surface area (Å²) in [6.07, 6.45) is -3.36. The molecular weight excluding hydrogens is 561 g/mol. The predicted octanol–water partition coefficient (Wildman–Crippen LogP) is 3.13. The number of aliphatic imine (C=N–C) groups is 1. The molecule has 1 aliphatic rings. The maximum Gasteiger partial charge on any atom is 0.490 e. The molecule has 3 rings (SSSR count). The van der Waals surface area contributed by atoms with Crippen molar-refractivity contribution in [2.75, 3.05) is 39.1 Å². The average Bonchev–Trinajstić information content (AvgIpc) is 3.42. The Morgan fingerprint density at radius 2 is 1.74 bits per heavy atom. The Labute approximate surface area is 230 Å². The van der Waals surface area contributed by atoms with E-state index >= 15 is 0 Å². The molecule has 0 radical (unpaired) electrons. The fraction of sp³-hybridized carbons (Fsp3) is 0.400. The molecule has 1 aliphatic heterocycles. The zero-order valence-electron chi connectivity index (χ0n) is 21.2. The highest BCUT2D eigenvalue weighted by Crippen LogP contribution is 2.15. The number of rotatable bonds is 11. The van der Waals surface area contributed by atoms with Gasteiger partial charge in [-0.25, -0.2) is 13.2 Å². The van der Waals surface area contributed by atoms with Crippen LogP contribution in [0.25, 0.3) is 0 Å². The number of amidine groups is 1. The van der Waals surface area contributed by atoms with E-state index in [-0.39, 0.29) is 16.7 Å². The van der Waals surface area contributed by atoms with Crippen molar-refractivity contribution in [3.8, 4) is 0 Å². The fourth-order valence-electron chi connectivity index (χ4n) is 3.33. The molecular formula is C25H30ClF3N4O5S. The minimum atomic E-state index is -5.08. The summed E-state index contributed by atoms with van der Waals surface area (Å²) in [6.45, 7) is 2.79. The third kappa shape index (κ3) is 11.2. The highest BCUT2D eigenvalue weighted by molar-refractivity contribution is 7.91. The molecule has 0 bridgehead atoms. The van der Waals surface area contributed by atoms with Gasteiger partial charge in [0.25, 0.3) is 0 Å². The summed E-state index contributed by atoms with van der Waals surface area (Å²) >= 11 is 5.80. The van der Waals surface area contributed by atoms with E-state index in [1.807, 2.05) is 0 Å². The van der Waals surface area contributed by atoms with Crippen LogP contribution in [0.3, 0.4) is 0 Å². The van der Waals surface area contributed by atoms with E-state index in [4.69, 9.17) is 21.5 Å². The van der Waals surface area contributed by atoms with Crippen LogP contribution in [-0.4, -0.2) is 81.4 Å². The van der Waals surface area contributed by atoms with E-state index in [2.05, 4.69) is 39.9 Å². The number of benzene rings is 2. The van der Waals surface area contributed by atoms with Gasteiger partial charge in [0.1, 0.15) is 11.7 Å². The van der Waals surface area contributed by atoms with E-state index in [1.54, 1.807) is 24.1 Å². The number of nitrogens with one attached hydrogen (secondary N) is 2. The lowest BCUT2D eigenvalue weighted by molar-refractivity contribution is -0.192. The van der Waals surface area contributed by atoms with Gasteiger partial charge in [0.2, 0.25) is 5.91 Å². The summed E-state index contributed by atoms with van der Waals surface area (Å²) < 4.78 is 56.3. The van der Waals surface area contributed by atoms with Crippen molar-refractivity contribution in [2.45, 2.75) is 30.3 Å². The zero-order chi connectivity index (χ0) is 29.1. The molecule has 0 aromatic heterocycles. The molecule has 214 valence electrons. The van der Waals surface area contributed by atoms with Gasteiger partial charge in [-0.15, -0.1) is 0 Å². The number of hydrogen-bond donors (Lipinski definition) is 3. The van der Waals surface area contributed by atoms with Gasteiger partial charge in [0.05, 0.1) is 11.4 Å². The first-order chi connectivity index (χ1) is 18.3. The monoisotopic (exact) mass is 590 g/mol. The number of amides is 1.